The lowest BCUT2D eigenvalue weighted by Gasteiger charge is -2.03. The minimum atomic E-state index is -4.43. The van der Waals surface area contributed by atoms with Crippen LogP contribution >= 0.6 is 7.82 Å². The van der Waals surface area contributed by atoms with Gasteiger partial charge in [-0.1, -0.05) is 13.8 Å². The Labute approximate surface area is 81.0 Å². The average molecular weight is 221 g/mol. The maximum atomic E-state index is 10.4. The summed E-state index contributed by atoms with van der Waals surface area (Å²) in [6.45, 7) is 3.54. The highest BCUT2D eigenvalue weighted by Gasteiger charge is 2.14. The zero-order valence-electron chi connectivity index (χ0n) is 7.86. The van der Waals surface area contributed by atoms with Crippen molar-refractivity contribution in [1.82, 2.24) is 14.8 Å². The second kappa shape index (κ2) is 4.18. The summed E-state index contributed by atoms with van der Waals surface area (Å²) in [6, 6.07) is 0. The Morgan fingerprint density at radius 2 is 2.29 bits per heavy atom. The van der Waals surface area contributed by atoms with Crippen LogP contribution in [-0.4, -0.2) is 24.6 Å². The van der Waals surface area contributed by atoms with Gasteiger partial charge in [-0.3, -0.25) is 4.52 Å². The highest BCUT2D eigenvalue weighted by molar-refractivity contribution is 7.46. The van der Waals surface area contributed by atoms with Gasteiger partial charge in [-0.05, 0) is 0 Å². The number of phosphoric ester groups is 1. The Bertz CT molecular complexity index is 345. The molecule has 80 valence electrons. The molecule has 1 aromatic rings. The zero-order chi connectivity index (χ0) is 10.8. The molecule has 0 amide bonds. The van der Waals surface area contributed by atoms with Crippen molar-refractivity contribution < 1.29 is 18.9 Å². The number of rotatable bonds is 4. The van der Waals surface area contributed by atoms with Gasteiger partial charge in [-0.25, -0.2) is 14.2 Å². The lowest BCUT2D eigenvalue weighted by Crippen LogP contribution is -2.02. The van der Waals surface area contributed by atoms with Crippen molar-refractivity contribution in [3.05, 3.63) is 12.2 Å². The second-order valence-electron chi connectivity index (χ2n) is 3.05. The Morgan fingerprint density at radius 3 is 2.71 bits per heavy atom. The fourth-order valence-electron chi connectivity index (χ4n) is 0.770. The molecule has 0 atom stereocenters. The van der Waals surface area contributed by atoms with E-state index in [2.05, 4.69) is 14.6 Å². The van der Waals surface area contributed by atoms with Crippen molar-refractivity contribution in [2.24, 2.45) is 0 Å². The first-order valence-corrected chi connectivity index (χ1v) is 5.51. The summed E-state index contributed by atoms with van der Waals surface area (Å²) >= 11 is 0. The van der Waals surface area contributed by atoms with E-state index in [9.17, 15) is 4.57 Å². The molecule has 0 aliphatic carbocycles. The maximum Gasteiger partial charge on any atom is 0.471 e. The summed E-state index contributed by atoms with van der Waals surface area (Å²) in [7, 11) is -4.43. The van der Waals surface area contributed by atoms with Crippen LogP contribution < -0.4 is 0 Å². The molecule has 0 aromatic carbocycles. The van der Waals surface area contributed by atoms with Crippen LogP contribution in [0.15, 0.2) is 6.33 Å². The molecule has 14 heavy (non-hydrogen) atoms. The molecule has 2 N–H and O–H groups in total. The Hall–Kier alpha value is -0.750. The number of phosphoric acid groups is 1. The van der Waals surface area contributed by atoms with Crippen molar-refractivity contribution in [2.75, 3.05) is 0 Å². The number of aromatic nitrogens is 3. The molecule has 0 bridgehead atoms. The SMILES string of the molecule is CC(C)c1ncn(COP(=O)(O)O)n1. The van der Waals surface area contributed by atoms with Crippen LogP contribution in [0, 0.1) is 0 Å². The van der Waals surface area contributed by atoms with E-state index in [4.69, 9.17) is 9.79 Å². The van der Waals surface area contributed by atoms with Crippen LogP contribution in [0.25, 0.3) is 0 Å². The fraction of sp³-hybridized carbons (Fsp3) is 0.667. The van der Waals surface area contributed by atoms with Crippen LogP contribution in [-0.2, 0) is 15.8 Å². The van der Waals surface area contributed by atoms with Gasteiger partial charge in [0.25, 0.3) is 0 Å². The van der Waals surface area contributed by atoms with Crippen molar-refractivity contribution in [3.8, 4) is 0 Å². The number of nitrogens with zero attached hydrogens (tertiary/aromatic N) is 3. The smallest absolute Gasteiger partial charge is 0.303 e. The normalized spacial score (nSPS) is 12.4. The van der Waals surface area contributed by atoms with Crippen molar-refractivity contribution in [2.45, 2.75) is 26.5 Å². The highest BCUT2D eigenvalue weighted by Crippen LogP contribution is 2.35. The van der Waals surface area contributed by atoms with E-state index in [0.29, 0.717) is 5.82 Å². The second-order valence-corrected chi connectivity index (χ2v) is 4.29. The van der Waals surface area contributed by atoms with E-state index >= 15 is 0 Å². The molecule has 7 nitrogen and oxygen atoms in total. The largest absolute Gasteiger partial charge is 0.471 e. The van der Waals surface area contributed by atoms with Gasteiger partial charge in [0.1, 0.15) is 6.33 Å². The van der Waals surface area contributed by atoms with E-state index in [0.717, 1.165) is 0 Å². The van der Waals surface area contributed by atoms with E-state index in [-0.39, 0.29) is 12.6 Å². The summed E-state index contributed by atoms with van der Waals surface area (Å²) in [6.07, 6.45) is 1.37. The Kier molecular flexibility index (Phi) is 3.38. The Balaban J connectivity index is 2.56. The van der Waals surface area contributed by atoms with Gasteiger partial charge >= 0.3 is 7.82 Å². The summed E-state index contributed by atoms with van der Waals surface area (Å²) < 4.78 is 15.8. The van der Waals surface area contributed by atoms with Crippen molar-refractivity contribution in [1.29, 1.82) is 0 Å². The van der Waals surface area contributed by atoms with Gasteiger partial charge in [-0.15, -0.1) is 0 Å². The molecular weight excluding hydrogens is 209 g/mol. The number of hydrogen-bond donors (Lipinski definition) is 2. The third-order valence-electron chi connectivity index (χ3n) is 1.43. The molecule has 0 saturated heterocycles. The standard InChI is InChI=1S/C6H12N3O4P/c1-5(2)6-7-3-9(8-6)4-13-14(10,11)12/h3,5H,4H2,1-2H3,(H2,10,11,12). The summed E-state index contributed by atoms with van der Waals surface area (Å²) in [5.41, 5.74) is 0. The zero-order valence-corrected chi connectivity index (χ0v) is 8.76. The molecule has 8 heteroatoms. The van der Waals surface area contributed by atoms with E-state index in [1.807, 2.05) is 13.8 Å². The van der Waals surface area contributed by atoms with Crippen LogP contribution in [0.1, 0.15) is 25.6 Å². The van der Waals surface area contributed by atoms with Crippen molar-refractivity contribution >= 4 is 7.82 Å². The van der Waals surface area contributed by atoms with E-state index in [1.165, 1.54) is 11.0 Å². The fourth-order valence-corrected chi connectivity index (χ4v) is 1.04. The van der Waals surface area contributed by atoms with Crippen LogP contribution in [0.2, 0.25) is 0 Å². The van der Waals surface area contributed by atoms with Gasteiger partial charge in [0.05, 0.1) is 0 Å². The minimum Gasteiger partial charge on any atom is -0.303 e. The third-order valence-corrected chi connectivity index (χ3v) is 1.88. The molecule has 0 aliphatic rings. The number of hydrogen-bond acceptors (Lipinski definition) is 4. The molecular formula is C6H12N3O4P. The quantitative estimate of drug-likeness (QED) is 0.717. The van der Waals surface area contributed by atoms with Crippen LogP contribution in [0.4, 0.5) is 0 Å². The maximum absolute atomic E-state index is 10.4. The topological polar surface area (TPSA) is 97.5 Å². The molecule has 1 rings (SSSR count). The summed E-state index contributed by atoms with van der Waals surface area (Å²) in [4.78, 5) is 20.8. The Morgan fingerprint density at radius 1 is 1.64 bits per heavy atom. The van der Waals surface area contributed by atoms with Crippen LogP contribution in [0.3, 0.4) is 0 Å². The summed E-state index contributed by atoms with van der Waals surface area (Å²) in [5.74, 6) is 0.783. The first-order chi connectivity index (χ1) is 6.38. The molecule has 0 saturated carbocycles. The van der Waals surface area contributed by atoms with Gasteiger partial charge in [0.15, 0.2) is 12.6 Å². The third kappa shape index (κ3) is 3.55. The minimum absolute atomic E-state index is 0.173. The lowest BCUT2D eigenvalue weighted by atomic mass is 10.2. The molecule has 0 radical (unpaired) electrons. The molecule has 0 spiro atoms. The first-order valence-electron chi connectivity index (χ1n) is 3.98. The molecule has 1 heterocycles. The lowest BCUT2D eigenvalue weighted by molar-refractivity contribution is 0.145. The van der Waals surface area contributed by atoms with Gasteiger partial charge in [0, 0.05) is 5.92 Å². The van der Waals surface area contributed by atoms with Gasteiger partial charge in [-0.2, -0.15) is 5.10 Å². The predicted octanol–water partition coefficient (Wildman–Crippen LogP) is 0.468. The van der Waals surface area contributed by atoms with Gasteiger partial charge in [0.2, 0.25) is 0 Å². The van der Waals surface area contributed by atoms with E-state index < -0.39 is 7.82 Å². The average Bonchev–Trinajstić information content (AvgIpc) is 2.47. The van der Waals surface area contributed by atoms with Gasteiger partial charge < -0.3 is 9.79 Å². The van der Waals surface area contributed by atoms with Crippen molar-refractivity contribution in [3.63, 3.8) is 0 Å². The predicted molar refractivity (Wildman–Crippen MR) is 47.2 cm³/mol. The molecule has 0 unspecified atom stereocenters. The monoisotopic (exact) mass is 221 g/mol. The molecule has 1 aromatic heterocycles. The molecule has 0 aliphatic heterocycles. The van der Waals surface area contributed by atoms with E-state index in [1.54, 1.807) is 0 Å². The van der Waals surface area contributed by atoms with Crippen LogP contribution in [0.5, 0.6) is 0 Å². The first kappa shape index (κ1) is 11.3. The summed E-state index contributed by atoms with van der Waals surface area (Å²) in [5, 5.41) is 3.95. The highest BCUT2D eigenvalue weighted by atomic mass is 31.2. The molecule has 0 fully saturated rings.